The van der Waals surface area contributed by atoms with Crippen molar-refractivity contribution >= 4 is 27.4 Å². The lowest BCUT2D eigenvalue weighted by atomic mass is 10.3. The highest BCUT2D eigenvalue weighted by molar-refractivity contribution is 7.21. The van der Waals surface area contributed by atoms with Crippen molar-refractivity contribution in [1.29, 1.82) is 0 Å². The van der Waals surface area contributed by atoms with Crippen LogP contribution < -0.4 is 10.5 Å². The fourth-order valence-corrected chi connectivity index (χ4v) is 2.55. The molecule has 6 heteroatoms. The number of hydrogen-bond acceptors (Lipinski definition) is 5. The number of ether oxygens (including phenoxy) is 1. The van der Waals surface area contributed by atoms with Crippen LogP contribution in [0.25, 0.3) is 20.9 Å². The Balaban J connectivity index is 2.13. The molecular formula is C11H10N4OS. The van der Waals surface area contributed by atoms with E-state index < -0.39 is 0 Å². The van der Waals surface area contributed by atoms with Gasteiger partial charge in [0.15, 0.2) is 0 Å². The van der Waals surface area contributed by atoms with Gasteiger partial charge in [0.05, 0.1) is 23.0 Å². The zero-order valence-electron chi connectivity index (χ0n) is 9.10. The van der Waals surface area contributed by atoms with Crippen molar-refractivity contribution < 1.29 is 4.74 Å². The average Bonchev–Trinajstić information content (AvgIpc) is 2.93. The molecule has 0 bridgehead atoms. The van der Waals surface area contributed by atoms with Crippen LogP contribution in [0, 0.1) is 0 Å². The SMILES string of the molecule is COc1ccc2nc(-c3cc(N)n[nH]3)sc2c1. The van der Waals surface area contributed by atoms with Gasteiger partial charge in [0.2, 0.25) is 0 Å². The first-order valence-corrected chi connectivity index (χ1v) is 5.84. The van der Waals surface area contributed by atoms with Crippen LogP contribution in [-0.4, -0.2) is 22.3 Å². The summed E-state index contributed by atoms with van der Waals surface area (Å²) in [5.41, 5.74) is 7.35. The number of thiazole rings is 1. The highest BCUT2D eigenvalue weighted by Crippen LogP contribution is 2.31. The van der Waals surface area contributed by atoms with Crippen molar-refractivity contribution in [2.75, 3.05) is 12.8 Å². The van der Waals surface area contributed by atoms with E-state index in [9.17, 15) is 0 Å². The lowest BCUT2D eigenvalue weighted by Crippen LogP contribution is -1.81. The van der Waals surface area contributed by atoms with Crippen molar-refractivity contribution in [3.05, 3.63) is 24.3 Å². The molecule has 17 heavy (non-hydrogen) atoms. The van der Waals surface area contributed by atoms with Gasteiger partial charge in [-0.25, -0.2) is 4.98 Å². The van der Waals surface area contributed by atoms with E-state index in [1.165, 1.54) is 0 Å². The number of nitrogen functional groups attached to an aromatic ring is 1. The average molecular weight is 246 g/mol. The maximum atomic E-state index is 5.57. The van der Waals surface area contributed by atoms with Gasteiger partial charge >= 0.3 is 0 Å². The molecule has 3 rings (SSSR count). The van der Waals surface area contributed by atoms with Gasteiger partial charge < -0.3 is 10.5 Å². The van der Waals surface area contributed by atoms with Gasteiger partial charge in [-0.05, 0) is 18.2 Å². The van der Waals surface area contributed by atoms with E-state index in [4.69, 9.17) is 10.5 Å². The molecule has 3 aromatic rings. The number of benzene rings is 1. The summed E-state index contributed by atoms with van der Waals surface area (Å²) >= 11 is 1.58. The Hall–Kier alpha value is -2.08. The molecule has 2 heterocycles. The van der Waals surface area contributed by atoms with Crippen molar-refractivity contribution in [2.45, 2.75) is 0 Å². The maximum absolute atomic E-state index is 5.57. The molecule has 0 atom stereocenters. The van der Waals surface area contributed by atoms with Crippen LogP contribution in [0.4, 0.5) is 5.82 Å². The Labute approximate surface area is 101 Å². The summed E-state index contributed by atoms with van der Waals surface area (Å²) in [4.78, 5) is 4.51. The van der Waals surface area contributed by atoms with E-state index in [0.29, 0.717) is 5.82 Å². The van der Waals surface area contributed by atoms with E-state index in [1.807, 2.05) is 18.2 Å². The number of fused-ring (bicyclic) bond motifs is 1. The second-order valence-corrected chi connectivity index (χ2v) is 4.59. The molecule has 0 radical (unpaired) electrons. The molecule has 0 unspecified atom stereocenters. The third-order valence-corrected chi connectivity index (χ3v) is 3.48. The van der Waals surface area contributed by atoms with Crippen molar-refractivity contribution in [1.82, 2.24) is 15.2 Å². The minimum absolute atomic E-state index is 0.469. The maximum Gasteiger partial charge on any atom is 0.145 e. The predicted octanol–water partition coefficient (Wildman–Crippen LogP) is 2.28. The molecule has 0 aliphatic rings. The highest BCUT2D eigenvalue weighted by atomic mass is 32.1. The Morgan fingerprint density at radius 2 is 2.24 bits per heavy atom. The van der Waals surface area contributed by atoms with Gasteiger partial charge in [-0.3, -0.25) is 5.10 Å². The Morgan fingerprint density at radius 3 is 2.94 bits per heavy atom. The van der Waals surface area contributed by atoms with E-state index in [0.717, 1.165) is 26.7 Å². The normalized spacial score (nSPS) is 10.9. The molecule has 0 aliphatic carbocycles. The van der Waals surface area contributed by atoms with Crippen LogP contribution in [0.1, 0.15) is 0 Å². The molecule has 1 aromatic carbocycles. The minimum Gasteiger partial charge on any atom is -0.497 e. The number of aromatic amines is 1. The standard InChI is InChI=1S/C11H10N4OS/c1-16-6-2-3-7-9(4-6)17-11(13-7)8-5-10(12)15-14-8/h2-5H,1H3,(H3,12,14,15). The van der Waals surface area contributed by atoms with E-state index in [-0.39, 0.29) is 0 Å². The molecule has 2 aromatic heterocycles. The van der Waals surface area contributed by atoms with Gasteiger partial charge in [-0.1, -0.05) is 0 Å². The summed E-state index contributed by atoms with van der Waals surface area (Å²) in [5.74, 6) is 1.30. The van der Waals surface area contributed by atoms with E-state index in [1.54, 1.807) is 24.5 Å². The van der Waals surface area contributed by atoms with E-state index >= 15 is 0 Å². The van der Waals surface area contributed by atoms with E-state index in [2.05, 4.69) is 15.2 Å². The number of aromatic nitrogens is 3. The summed E-state index contributed by atoms with van der Waals surface area (Å²) in [7, 11) is 1.65. The number of rotatable bonds is 2. The smallest absolute Gasteiger partial charge is 0.145 e. The van der Waals surface area contributed by atoms with Crippen molar-refractivity contribution in [3.63, 3.8) is 0 Å². The largest absolute Gasteiger partial charge is 0.497 e. The first-order chi connectivity index (χ1) is 8.26. The number of anilines is 1. The quantitative estimate of drug-likeness (QED) is 0.727. The summed E-state index contributed by atoms with van der Waals surface area (Å²) < 4.78 is 6.26. The van der Waals surface area contributed by atoms with Crippen LogP contribution in [0.5, 0.6) is 5.75 Å². The zero-order valence-corrected chi connectivity index (χ0v) is 9.91. The van der Waals surface area contributed by atoms with Gasteiger partial charge in [-0.2, -0.15) is 5.10 Å². The van der Waals surface area contributed by atoms with Crippen LogP contribution >= 0.6 is 11.3 Å². The fourth-order valence-electron chi connectivity index (χ4n) is 1.59. The molecule has 86 valence electrons. The Bertz CT molecular complexity index is 673. The number of nitrogens with two attached hydrogens (primary N) is 1. The fraction of sp³-hybridized carbons (Fsp3) is 0.0909. The molecule has 0 aliphatic heterocycles. The third-order valence-electron chi connectivity index (χ3n) is 2.42. The molecule has 0 saturated carbocycles. The molecule has 0 saturated heterocycles. The number of H-pyrrole nitrogens is 1. The third kappa shape index (κ3) is 1.72. The molecule has 0 spiro atoms. The topological polar surface area (TPSA) is 76.8 Å². The molecule has 0 fully saturated rings. The number of hydrogen-bond donors (Lipinski definition) is 2. The van der Waals surface area contributed by atoms with Gasteiger partial charge in [0, 0.05) is 6.07 Å². The predicted molar refractivity (Wildman–Crippen MR) is 68.2 cm³/mol. The van der Waals surface area contributed by atoms with Crippen LogP contribution in [-0.2, 0) is 0 Å². The summed E-state index contributed by atoms with van der Waals surface area (Å²) in [5, 5.41) is 7.62. The molecule has 5 nitrogen and oxygen atoms in total. The Morgan fingerprint density at radius 1 is 1.35 bits per heavy atom. The van der Waals surface area contributed by atoms with Gasteiger partial charge in [0.1, 0.15) is 16.6 Å². The van der Waals surface area contributed by atoms with Crippen LogP contribution in [0.2, 0.25) is 0 Å². The zero-order chi connectivity index (χ0) is 11.8. The van der Waals surface area contributed by atoms with Crippen molar-refractivity contribution in [3.8, 4) is 16.5 Å². The Kier molecular flexibility index (Phi) is 2.22. The minimum atomic E-state index is 0.469. The summed E-state index contributed by atoms with van der Waals surface area (Å²) in [6.07, 6.45) is 0. The first kappa shape index (κ1) is 10.1. The summed E-state index contributed by atoms with van der Waals surface area (Å²) in [6.45, 7) is 0. The number of nitrogens with zero attached hydrogens (tertiary/aromatic N) is 2. The lowest BCUT2D eigenvalue weighted by Gasteiger charge is -1.96. The molecule has 0 amide bonds. The van der Waals surface area contributed by atoms with Gasteiger partial charge in [-0.15, -0.1) is 11.3 Å². The first-order valence-electron chi connectivity index (χ1n) is 5.02. The second kappa shape index (κ2) is 3.74. The monoisotopic (exact) mass is 246 g/mol. The second-order valence-electron chi connectivity index (χ2n) is 3.56. The van der Waals surface area contributed by atoms with Gasteiger partial charge in [0.25, 0.3) is 0 Å². The highest BCUT2D eigenvalue weighted by Gasteiger charge is 2.09. The van der Waals surface area contributed by atoms with Crippen LogP contribution in [0.3, 0.4) is 0 Å². The lowest BCUT2D eigenvalue weighted by molar-refractivity contribution is 0.415. The van der Waals surface area contributed by atoms with Crippen molar-refractivity contribution in [2.24, 2.45) is 0 Å². The number of methoxy groups -OCH3 is 1. The van der Waals surface area contributed by atoms with Crippen LogP contribution in [0.15, 0.2) is 24.3 Å². The summed E-state index contributed by atoms with van der Waals surface area (Å²) in [6, 6.07) is 7.58. The molecule has 3 N–H and O–H groups in total. The molecular weight excluding hydrogens is 236 g/mol. The number of nitrogens with one attached hydrogen (secondary N) is 1.